The number of nitrogens with zero attached hydrogens (tertiary/aromatic N) is 4. The largest absolute Gasteiger partial charge is 0.370 e. The van der Waals surface area contributed by atoms with Crippen LogP contribution in [0.1, 0.15) is 41.1 Å². The van der Waals surface area contributed by atoms with Gasteiger partial charge in [-0.2, -0.15) is 0 Å². The maximum Gasteiger partial charge on any atom is 0.259 e. The van der Waals surface area contributed by atoms with Crippen LogP contribution in [0.3, 0.4) is 0 Å². The van der Waals surface area contributed by atoms with Gasteiger partial charge in [-0.25, -0.2) is 4.98 Å². The van der Waals surface area contributed by atoms with E-state index < -0.39 is 0 Å². The van der Waals surface area contributed by atoms with Crippen LogP contribution in [0.25, 0.3) is 16.5 Å². The fourth-order valence-electron chi connectivity index (χ4n) is 6.77. The summed E-state index contributed by atoms with van der Waals surface area (Å²) in [6.07, 6.45) is 5.74. The molecule has 40 heavy (non-hydrogen) atoms. The molecule has 0 saturated heterocycles. The first-order valence-corrected chi connectivity index (χ1v) is 14.2. The number of amides is 2. The second kappa shape index (κ2) is 9.66. The molecule has 4 aliphatic rings. The molecule has 0 aliphatic carbocycles. The molecule has 0 radical (unpaired) electrons. The molecule has 4 aliphatic heterocycles. The first kappa shape index (κ1) is 24.6. The Kier molecular flexibility index (Phi) is 5.95. The zero-order valence-corrected chi connectivity index (χ0v) is 23.0. The number of hydrogen-bond donors (Lipinski definition) is 1. The van der Waals surface area contributed by atoms with Crippen LogP contribution in [0.2, 0.25) is 0 Å². The molecule has 7 nitrogen and oxygen atoms in total. The summed E-state index contributed by atoms with van der Waals surface area (Å²) < 4.78 is 2.23. The number of pyridine rings is 1. The monoisotopic (exact) mass is 531 g/mol. The molecule has 0 fully saturated rings. The van der Waals surface area contributed by atoms with Crippen LogP contribution in [0.15, 0.2) is 72.4 Å². The third-order valence-corrected chi connectivity index (χ3v) is 8.57. The highest BCUT2D eigenvalue weighted by molar-refractivity contribution is 6.38. The van der Waals surface area contributed by atoms with Crippen molar-refractivity contribution in [3.8, 4) is 0 Å². The summed E-state index contributed by atoms with van der Waals surface area (Å²) in [5.74, 6) is 0.308. The van der Waals surface area contributed by atoms with Gasteiger partial charge in [0, 0.05) is 79.3 Å². The normalized spacial score (nSPS) is 18.9. The number of nitrogens with one attached hydrogen (secondary N) is 1. The number of aromatic nitrogens is 2. The average molecular weight is 532 g/mol. The highest BCUT2D eigenvalue weighted by Gasteiger charge is 2.41. The molecular weight excluding hydrogens is 498 g/mol. The van der Waals surface area contributed by atoms with Crippen LogP contribution in [-0.4, -0.2) is 48.6 Å². The van der Waals surface area contributed by atoms with Gasteiger partial charge in [-0.15, -0.1) is 0 Å². The summed E-state index contributed by atoms with van der Waals surface area (Å²) in [4.78, 5) is 36.4. The van der Waals surface area contributed by atoms with E-state index in [2.05, 4.69) is 82.4 Å². The van der Waals surface area contributed by atoms with E-state index >= 15 is 0 Å². The molecule has 7 heteroatoms. The minimum atomic E-state index is -0.298. The van der Waals surface area contributed by atoms with E-state index in [1.165, 1.54) is 5.56 Å². The summed E-state index contributed by atoms with van der Waals surface area (Å²) in [6, 6.07) is 20.9. The zero-order valence-electron chi connectivity index (χ0n) is 23.0. The number of aryl methyl sites for hydroxylation is 3. The van der Waals surface area contributed by atoms with Crippen molar-refractivity contribution in [2.75, 3.05) is 37.0 Å². The molecule has 2 aromatic heterocycles. The number of carbonyl (C=O) groups is 2. The summed E-state index contributed by atoms with van der Waals surface area (Å²) in [7, 11) is 4.13. The molecule has 202 valence electrons. The van der Waals surface area contributed by atoms with E-state index in [1.807, 2.05) is 18.2 Å². The second-order valence-corrected chi connectivity index (χ2v) is 11.3. The van der Waals surface area contributed by atoms with E-state index in [0.29, 0.717) is 17.7 Å². The van der Waals surface area contributed by atoms with Gasteiger partial charge in [-0.05, 0) is 55.0 Å². The summed E-state index contributed by atoms with van der Waals surface area (Å²) in [5.41, 5.74) is 7.63. The highest BCUT2D eigenvalue weighted by atomic mass is 16.2. The van der Waals surface area contributed by atoms with Crippen LogP contribution >= 0.6 is 0 Å². The predicted molar refractivity (Wildman–Crippen MR) is 159 cm³/mol. The van der Waals surface area contributed by atoms with E-state index in [-0.39, 0.29) is 17.7 Å². The smallest absolute Gasteiger partial charge is 0.259 e. The summed E-state index contributed by atoms with van der Waals surface area (Å²) >= 11 is 0. The van der Waals surface area contributed by atoms with E-state index in [1.54, 1.807) is 0 Å². The topological polar surface area (TPSA) is 70.5 Å². The Labute approximate surface area is 234 Å². The summed E-state index contributed by atoms with van der Waals surface area (Å²) in [6.45, 7) is 2.33. The van der Waals surface area contributed by atoms with Gasteiger partial charge in [-0.1, -0.05) is 42.5 Å². The minimum Gasteiger partial charge on any atom is -0.370 e. The number of imide groups is 1. The van der Waals surface area contributed by atoms with Crippen LogP contribution in [-0.2, 0) is 29.0 Å². The quantitative estimate of drug-likeness (QED) is 0.361. The Bertz CT molecular complexity index is 1700. The Balaban J connectivity index is 1.40. The van der Waals surface area contributed by atoms with Gasteiger partial charge < -0.3 is 14.4 Å². The predicted octanol–water partition coefficient (Wildman–Crippen LogP) is 4.70. The number of benzene rings is 2. The van der Waals surface area contributed by atoms with E-state index in [0.717, 1.165) is 78.0 Å². The number of carbonyl (C=O) groups excluding carboxylic acids is 2. The highest BCUT2D eigenvalue weighted by Crippen LogP contribution is 2.45. The lowest BCUT2D eigenvalue weighted by atomic mass is 9.88. The lowest BCUT2D eigenvalue weighted by molar-refractivity contribution is -0.123. The minimum absolute atomic E-state index is 0.170. The van der Waals surface area contributed by atoms with E-state index in [9.17, 15) is 9.59 Å². The van der Waals surface area contributed by atoms with Crippen LogP contribution in [0, 0.1) is 0 Å². The molecule has 4 aromatic rings. The number of fused-ring (bicyclic) bond motifs is 8. The molecule has 1 N–H and O–H groups in total. The third kappa shape index (κ3) is 3.99. The van der Waals surface area contributed by atoms with Gasteiger partial charge in [0.15, 0.2) is 0 Å². The van der Waals surface area contributed by atoms with Gasteiger partial charge >= 0.3 is 0 Å². The Morgan fingerprint density at radius 2 is 1.70 bits per heavy atom. The first-order chi connectivity index (χ1) is 19.5. The van der Waals surface area contributed by atoms with Gasteiger partial charge in [-0.3, -0.25) is 14.9 Å². The van der Waals surface area contributed by atoms with Crippen molar-refractivity contribution in [2.24, 2.45) is 0 Å². The lowest BCUT2D eigenvalue weighted by Crippen LogP contribution is -2.27. The van der Waals surface area contributed by atoms with Gasteiger partial charge in [0.2, 0.25) is 0 Å². The van der Waals surface area contributed by atoms with Crippen molar-refractivity contribution < 1.29 is 9.59 Å². The number of anilines is 2. The molecule has 8 rings (SSSR count). The van der Waals surface area contributed by atoms with Gasteiger partial charge in [0.05, 0.1) is 5.57 Å². The first-order valence-electron chi connectivity index (χ1n) is 14.2. The molecule has 0 spiro atoms. The third-order valence-electron chi connectivity index (χ3n) is 8.57. The summed E-state index contributed by atoms with van der Waals surface area (Å²) in [5, 5.41) is 3.64. The Hall–Kier alpha value is -4.39. The number of hydrogen-bond acceptors (Lipinski definition) is 5. The molecule has 6 bridgehead atoms. The average Bonchev–Trinajstić information content (AvgIpc) is 3.59. The van der Waals surface area contributed by atoms with Crippen molar-refractivity contribution in [1.82, 2.24) is 14.9 Å². The van der Waals surface area contributed by atoms with Crippen molar-refractivity contribution >= 4 is 39.8 Å². The Morgan fingerprint density at radius 1 is 0.900 bits per heavy atom. The van der Waals surface area contributed by atoms with Crippen molar-refractivity contribution in [1.29, 1.82) is 0 Å². The number of rotatable bonds is 1. The maximum atomic E-state index is 13.4. The molecule has 1 unspecified atom stereocenters. The van der Waals surface area contributed by atoms with Gasteiger partial charge in [0.1, 0.15) is 5.82 Å². The fraction of sp³-hybridized carbons (Fsp3) is 0.303. The Morgan fingerprint density at radius 3 is 2.58 bits per heavy atom. The molecular formula is C33H33N5O2. The molecule has 0 saturated carbocycles. The molecule has 2 aromatic carbocycles. The molecule has 1 atom stereocenters. The SMILES string of the molecule is CN(C)c1nc2ccc1CCCN1CC(C3=C(C(=O)NC3=O)c3cn(c4ccccc34)CCC2)c2ccccc21. The van der Waals surface area contributed by atoms with Crippen molar-refractivity contribution in [2.45, 2.75) is 38.1 Å². The maximum absolute atomic E-state index is 13.4. The molecule has 2 amide bonds. The van der Waals surface area contributed by atoms with Gasteiger partial charge in [0.25, 0.3) is 11.8 Å². The lowest BCUT2D eigenvalue weighted by Gasteiger charge is -2.22. The van der Waals surface area contributed by atoms with Crippen molar-refractivity contribution in [3.63, 3.8) is 0 Å². The van der Waals surface area contributed by atoms with Crippen LogP contribution < -0.4 is 15.1 Å². The van der Waals surface area contributed by atoms with Crippen LogP contribution in [0.4, 0.5) is 11.5 Å². The fourth-order valence-corrected chi connectivity index (χ4v) is 6.77. The van der Waals surface area contributed by atoms with E-state index in [4.69, 9.17) is 4.98 Å². The number of para-hydroxylation sites is 2. The molecule has 6 heterocycles. The zero-order chi connectivity index (χ0) is 27.4. The van der Waals surface area contributed by atoms with Crippen molar-refractivity contribution in [3.05, 3.63) is 94.8 Å². The van der Waals surface area contributed by atoms with Crippen LogP contribution in [0.5, 0.6) is 0 Å². The standard InChI is InChI=1S/C33H33N5O2/c1-36(2)31-21-9-7-17-37-19-25(23-11-3-5-13-27(23)37)29-30(33(40)35-32(29)39)26-20-38(28-14-6-4-12-24(26)28)18-8-10-22(34-31)16-15-21/h3-6,11-16,20,25H,7-10,17-19H2,1-2H3,(H,35,39,40). The second-order valence-electron chi connectivity index (χ2n) is 11.3.